The van der Waals surface area contributed by atoms with Gasteiger partial charge in [0.05, 0.1) is 0 Å². The van der Waals surface area contributed by atoms with Crippen molar-refractivity contribution in [3.8, 4) is 0 Å². The van der Waals surface area contributed by atoms with E-state index in [-0.39, 0.29) is 24.0 Å². The zero-order valence-corrected chi connectivity index (χ0v) is 19.4. The number of hydrogen-bond acceptors (Lipinski definition) is 2. The van der Waals surface area contributed by atoms with Crippen molar-refractivity contribution < 1.29 is 0 Å². The lowest BCUT2D eigenvalue weighted by Gasteiger charge is -2.24. The van der Waals surface area contributed by atoms with Gasteiger partial charge in [0.25, 0.3) is 0 Å². The fraction of sp³-hybridized carbons (Fsp3) is 0.800. The third kappa shape index (κ3) is 6.74. The molecule has 150 valence electrons. The van der Waals surface area contributed by atoms with Crippen molar-refractivity contribution in [2.45, 2.75) is 66.3 Å². The number of hydrogen-bond donors (Lipinski definition) is 1. The van der Waals surface area contributed by atoms with E-state index < -0.39 is 0 Å². The number of nitrogens with one attached hydrogen (secondary N) is 1. The van der Waals surface area contributed by atoms with Gasteiger partial charge in [-0.3, -0.25) is 4.99 Å². The second-order valence-corrected chi connectivity index (χ2v) is 7.18. The first-order valence-electron chi connectivity index (χ1n) is 10.2. The predicted molar refractivity (Wildman–Crippen MR) is 121 cm³/mol. The Morgan fingerprint density at radius 2 is 2.08 bits per heavy atom. The van der Waals surface area contributed by atoms with Crippen molar-refractivity contribution in [3.05, 3.63) is 18.2 Å². The van der Waals surface area contributed by atoms with E-state index in [2.05, 4.69) is 53.7 Å². The molecule has 1 aromatic heterocycles. The van der Waals surface area contributed by atoms with Gasteiger partial charge in [-0.15, -0.1) is 24.0 Å². The molecule has 1 aliphatic heterocycles. The SMILES string of the molecule is CCNC(=NCCCCn1ccnc1C)N1CCC(C(CC)CC)C1.I. The fourth-order valence-electron chi connectivity index (χ4n) is 3.96. The quantitative estimate of drug-likeness (QED) is 0.251. The summed E-state index contributed by atoms with van der Waals surface area (Å²) < 4.78 is 2.22. The Bertz CT molecular complexity index is 524. The molecule has 0 radical (unpaired) electrons. The topological polar surface area (TPSA) is 45.5 Å². The van der Waals surface area contributed by atoms with Gasteiger partial charge in [-0.1, -0.05) is 26.7 Å². The van der Waals surface area contributed by atoms with Gasteiger partial charge in [-0.2, -0.15) is 0 Å². The zero-order valence-electron chi connectivity index (χ0n) is 17.1. The van der Waals surface area contributed by atoms with Crippen LogP contribution in [0.4, 0.5) is 0 Å². The second kappa shape index (κ2) is 12.6. The summed E-state index contributed by atoms with van der Waals surface area (Å²) in [5.41, 5.74) is 0. The molecular formula is C20H38IN5. The molecule has 1 unspecified atom stereocenters. The predicted octanol–water partition coefficient (Wildman–Crippen LogP) is 4.31. The van der Waals surface area contributed by atoms with Gasteiger partial charge >= 0.3 is 0 Å². The number of unbranched alkanes of at least 4 members (excludes halogenated alkanes) is 1. The number of likely N-dealkylation sites (tertiary alicyclic amines) is 1. The van der Waals surface area contributed by atoms with Crippen LogP contribution in [0.5, 0.6) is 0 Å². The van der Waals surface area contributed by atoms with E-state index in [0.717, 1.165) is 62.6 Å². The molecular weight excluding hydrogens is 437 g/mol. The number of nitrogens with zero attached hydrogens (tertiary/aromatic N) is 4. The lowest BCUT2D eigenvalue weighted by atomic mass is 9.87. The van der Waals surface area contributed by atoms with Gasteiger partial charge in [0.15, 0.2) is 5.96 Å². The van der Waals surface area contributed by atoms with E-state index in [1.165, 1.54) is 25.8 Å². The van der Waals surface area contributed by atoms with Crippen molar-refractivity contribution in [2.24, 2.45) is 16.8 Å². The number of rotatable bonds is 9. The molecule has 1 N–H and O–H groups in total. The number of imidazole rings is 1. The van der Waals surface area contributed by atoms with Crippen molar-refractivity contribution in [1.29, 1.82) is 0 Å². The number of guanidine groups is 1. The van der Waals surface area contributed by atoms with Crippen LogP contribution in [-0.2, 0) is 6.54 Å². The van der Waals surface area contributed by atoms with Crippen LogP contribution in [0, 0.1) is 18.8 Å². The standard InChI is InChI=1S/C20H37N5.HI/c1-5-18(6-2)19-10-14-25(16-19)20(21-7-3)23-11-8-9-13-24-15-12-22-17(24)4;/h12,15,18-19H,5-11,13-14,16H2,1-4H3,(H,21,23);1H. The summed E-state index contributed by atoms with van der Waals surface area (Å²) in [5.74, 6) is 3.92. The summed E-state index contributed by atoms with van der Waals surface area (Å²) in [6.07, 6.45) is 10.1. The average Bonchev–Trinajstić information content (AvgIpc) is 3.25. The smallest absolute Gasteiger partial charge is 0.193 e. The molecule has 2 heterocycles. The first-order valence-corrected chi connectivity index (χ1v) is 10.2. The van der Waals surface area contributed by atoms with Gasteiger partial charge in [0.2, 0.25) is 0 Å². The van der Waals surface area contributed by atoms with Crippen LogP contribution >= 0.6 is 24.0 Å². The van der Waals surface area contributed by atoms with Gasteiger partial charge in [-0.05, 0) is 44.9 Å². The molecule has 1 aliphatic rings. The second-order valence-electron chi connectivity index (χ2n) is 7.18. The Morgan fingerprint density at radius 3 is 2.69 bits per heavy atom. The van der Waals surface area contributed by atoms with Crippen molar-refractivity contribution >= 4 is 29.9 Å². The number of aromatic nitrogens is 2. The number of aliphatic imine (C=N–C) groups is 1. The normalized spacial score (nSPS) is 17.7. The molecule has 26 heavy (non-hydrogen) atoms. The highest BCUT2D eigenvalue weighted by Gasteiger charge is 2.29. The molecule has 2 rings (SSSR count). The maximum atomic E-state index is 4.89. The van der Waals surface area contributed by atoms with Crippen LogP contribution in [0.15, 0.2) is 17.4 Å². The molecule has 0 spiro atoms. The molecule has 1 fully saturated rings. The minimum absolute atomic E-state index is 0. The van der Waals surface area contributed by atoms with Crippen molar-refractivity contribution in [1.82, 2.24) is 19.8 Å². The molecule has 5 nitrogen and oxygen atoms in total. The van der Waals surface area contributed by atoms with E-state index >= 15 is 0 Å². The van der Waals surface area contributed by atoms with Crippen LogP contribution < -0.4 is 5.32 Å². The maximum Gasteiger partial charge on any atom is 0.193 e. The Kier molecular flexibility index (Phi) is 11.2. The molecule has 1 saturated heterocycles. The molecule has 0 aromatic carbocycles. The van der Waals surface area contributed by atoms with E-state index in [9.17, 15) is 0 Å². The van der Waals surface area contributed by atoms with Crippen LogP contribution in [-0.4, -0.2) is 46.6 Å². The maximum absolute atomic E-state index is 4.89. The lowest BCUT2D eigenvalue weighted by molar-refractivity contribution is 0.319. The minimum atomic E-state index is 0. The average molecular weight is 475 g/mol. The summed E-state index contributed by atoms with van der Waals surface area (Å²) in [6, 6.07) is 0. The van der Waals surface area contributed by atoms with E-state index in [1.807, 2.05) is 6.20 Å². The molecule has 1 aromatic rings. The van der Waals surface area contributed by atoms with Crippen LogP contribution in [0.3, 0.4) is 0 Å². The van der Waals surface area contributed by atoms with Gasteiger partial charge in [-0.25, -0.2) is 4.98 Å². The Balaban J connectivity index is 0.00000338. The van der Waals surface area contributed by atoms with Crippen LogP contribution in [0.1, 0.15) is 58.7 Å². The molecule has 0 bridgehead atoms. The Labute approximate surface area is 177 Å². The first-order chi connectivity index (χ1) is 12.2. The van der Waals surface area contributed by atoms with Gasteiger partial charge in [0, 0.05) is 45.1 Å². The van der Waals surface area contributed by atoms with E-state index in [0.29, 0.717) is 0 Å². The Morgan fingerprint density at radius 1 is 1.31 bits per heavy atom. The highest BCUT2D eigenvalue weighted by atomic mass is 127. The highest BCUT2D eigenvalue weighted by Crippen LogP contribution is 2.28. The third-order valence-corrected chi connectivity index (χ3v) is 5.57. The van der Waals surface area contributed by atoms with Crippen LogP contribution in [0.2, 0.25) is 0 Å². The van der Waals surface area contributed by atoms with Crippen molar-refractivity contribution in [3.63, 3.8) is 0 Å². The molecule has 1 atom stereocenters. The van der Waals surface area contributed by atoms with Crippen molar-refractivity contribution in [2.75, 3.05) is 26.2 Å². The van der Waals surface area contributed by atoms with E-state index in [4.69, 9.17) is 4.99 Å². The molecule has 0 aliphatic carbocycles. The highest BCUT2D eigenvalue weighted by molar-refractivity contribution is 14.0. The fourth-order valence-corrected chi connectivity index (χ4v) is 3.96. The summed E-state index contributed by atoms with van der Waals surface area (Å²) in [5, 5.41) is 3.49. The third-order valence-electron chi connectivity index (χ3n) is 5.57. The number of halogens is 1. The monoisotopic (exact) mass is 475 g/mol. The molecule has 6 heteroatoms. The van der Waals surface area contributed by atoms with Gasteiger partial charge < -0.3 is 14.8 Å². The Hall–Kier alpha value is -0.790. The van der Waals surface area contributed by atoms with Gasteiger partial charge in [0.1, 0.15) is 5.82 Å². The summed E-state index contributed by atoms with van der Waals surface area (Å²) in [4.78, 5) is 11.6. The molecule has 0 saturated carbocycles. The summed E-state index contributed by atoms with van der Waals surface area (Å²) in [6.45, 7) is 14.1. The zero-order chi connectivity index (χ0) is 18.1. The number of aryl methyl sites for hydroxylation is 2. The largest absolute Gasteiger partial charge is 0.357 e. The van der Waals surface area contributed by atoms with E-state index in [1.54, 1.807) is 0 Å². The lowest BCUT2D eigenvalue weighted by Crippen LogP contribution is -2.40. The van der Waals surface area contributed by atoms with Crippen LogP contribution in [0.25, 0.3) is 0 Å². The first kappa shape index (κ1) is 23.2. The summed E-state index contributed by atoms with van der Waals surface area (Å²) in [7, 11) is 0. The molecule has 0 amide bonds. The minimum Gasteiger partial charge on any atom is -0.357 e. The summed E-state index contributed by atoms with van der Waals surface area (Å²) >= 11 is 0.